The van der Waals surface area contributed by atoms with Crippen molar-refractivity contribution in [3.8, 4) is 0 Å². The lowest BCUT2D eigenvalue weighted by Crippen LogP contribution is -2.36. The molecule has 3 N–H and O–H groups in total. The molecule has 0 spiro atoms. The van der Waals surface area contributed by atoms with E-state index >= 15 is 0 Å². The van der Waals surface area contributed by atoms with Gasteiger partial charge >= 0.3 is 6.18 Å². The van der Waals surface area contributed by atoms with Gasteiger partial charge in [-0.3, -0.25) is 4.79 Å². The van der Waals surface area contributed by atoms with E-state index in [2.05, 4.69) is 5.32 Å². The van der Waals surface area contributed by atoms with Gasteiger partial charge in [0.15, 0.2) is 0 Å². The predicted octanol–water partition coefficient (Wildman–Crippen LogP) is 5.23. The van der Waals surface area contributed by atoms with Gasteiger partial charge in [0.1, 0.15) is 0 Å². The summed E-state index contributed by atoms with van der Waals surface area (Å²) >= 11 is 0. The second-order valence-corrected chi connectivity index (χ2v) is 7.25. The Morgan fingerprint density at radius 3 is 2.43 bits per heavy atom. The molecule has 30 heavy (non-hydrogen) atoms. The fraction of sp³-hybridized carbons (Fsp3) is 0.174. The molecule has 1 amide bonds. The molecule has 0 saturated carbocycles. The van der Waals surface area contributed by atoms with Crippen LogP contribution in [0.15, 0.2) is 66.7 Å². The number of fused-ring (bicyclic) bond motifs is 1. The molecule has 7 heteroatoms. The molecule has 154 valence electrons. The molecule has 0 bridgehead atoms. The van der Waals surface area contributed by atoms with E-state index in [1.807, 2.05) is 18.2 Å². The van der Waals surface area contributed by atoms with E-state index in [1.165, 1.54) is 12.1 Å². The Balaban J connectivity index is 1.52. The third-order valence-electron chi connectivity index (χ3n) is 5.18. The predicted molar refractivity (Wildman–Crippen MR) is 110 cm³/mol. The number of nitrogens with zero attached hydrogens (tertiary/aromatic N) is 1. The number of anilines is 3. The molecule has 0 saturated heterocycles. The first-order valence-electron chi connectivity index (χ1n) is 9.51. The average molecular weight is 411 g/mol. The van der Waals surface area contributed by atoms with Crippen LogP contribution in [0.25, 0.3) is 0 Å². The van der Waals surface area contributed by atoms with Gasteiger partial charge in [0.25, 0.3) is 5.91 Å². The van der Waals surface area contributed by atoms with Crippen LogP contribution < -0.4 is 11.1 Å². The Bertz CT molecular complexity index is 1080. The Morgan fingerprint density at radius 2 is 1.73 bits per heavy atom. The quantitative estimate of drug-likeness (QED) is 0.581. The van der Waals surface area contributed by atoms with E-state index in [4.69, 9.17) is 5.73 Å². The summed E-state index contributed by atoms with van der Waals surface area (Å²) < 4.78 is 38.3. The molecule has 3 aromatic carbocycles. The molecule has 0 unspecified atom stereocenters. The number of carbonyl (C=O) groups excluding carboxylic acids is 1. The molecule has 0 atom stereocenters. The van der Waals surface area contributed by atoms with Crippen LogP contribution in [0.5, 0.6) is 0 Å². The molecule has 4 rings (SSSR count). The lowest BCUT2D eigenvalue weighted by molar-refractivity contribution is -0.137. The summed E-state index contributed by atoms with van der Waals surface area (Å²) in [6, 6.07) is 17.6. The number of benzene rings is 3. The van der Waals surface area contributed by atoms with E-state index in [0.29, 0.717) is 36.4 Å². The maximum Gasteiger partial charge on any atom is 0.416 e. The minimum absolute atomic E-state index is 0.0750. The molecule has 4 nitrogen and oxygen atoms in total. The highest BCUT2D eigenvalue weighted by atomic mass is 19.4. The van der Waals surface area contributed by atoms with Gasteiger partial charge in [0.05, 0.1) is 5.56 Å². The van der Waals surface area contributed by atoms with Gasteiger partial charge < -0.3 is 16.0 Å². The highest BCUT2D eigenvalue weighted by Gasteiger charge is 2.30. The normalized spacial score (nSPS) is 13.6. The number of nitrogen functional groups attached to an aromatic ring is 1. The van der Waals surface area contributed by atoms with E-state index in [-0.39, 0.29) is 5.91 Å². The summed E-state index contributed by atoms with van der Waals surface area (Å²) in [6.45, 7) is 1.01. The number of halogens is 3. The van der Waals surface area contributed by atoms with Crippen molar-refractivity contribution in [2.24, 2.45) is 0 Å². The Hall–Kier alpha value is -3.48. The first kappa shape index (κ1) is 19.8. The van der Waals surface area contributed by atoms with E-state index in [9.17, 15) is 18.0 Å². The maximum absolute atomic E-state index is 12.8. The number of hydrogen-bond acceptors (Lipinski definition) is 3. The smallest absolute Gasteiger partial charge is 0.399 e. The second-order valence-electron chi connectivity index (χ2n) is 7.25. The topological polar surface area (TPSA) is 58.4 Å². The number of rotatable bonds is 3. The summed E-state index contributed by atoms with van der Waals surface area (Å²) in [5, 5.41) is 3.21. The molecule has 1 heterocycles. The van der Waals surface area contributed by atoms with E-state index < -0.39 is 11.7 Å². The van der Waals surface area contributed by atoms with Crippen molar-refractivity contribution >= 4 is 23.0 Å². The Labute approximate surface area is 172 Å². The van der Waals surface area contributed by atoms with Crippen molar-refractivity contribution < 1.29 is 18.0 Å². The van der Waals surface area contributed by atoms with Crippen molar-refractivity contribution in [3.63, 3.8) is 0 Å². The fourth-order valence-electron chi connectivity index (χ4n) is 3.65. The van der Waals surface area contributed by atoms with Crippen LogP contribution in [0.4, 0.5) is 30.2 Å². The monoisotopic (exact) mass is 411 g/mol. The minimum atomic E-state index is -4.36. The van der Waals surface area contributed by atoms with Gasteiger partial charge in [-0.25, -0.2) is 0 Å². The second kappa shape index (κ2) is 7.74. The van der Waals surface area contributed by atoms with Gasteiger partial charge in [-0.2, -0.15) is 13.2 Å². The highest BCUT2D eigenvalue weighted by molar-refractivity contribution is 5.95. The molecular weight excluding hydrogens is 391 g/mol. The van der Waals surface area contributed by atoms with E-state index in [0.717, 1.165) is 28.9 Å². The minimum Gasteiger partial charge on any atom is -0.399 e. The third-order valence-corrected chi connectivity index (χ3v) is 5.18. The number of nitrogens with one attached hydrogen (secondary N) is 1. The van der Waals surface area contributed by atoms with Crippen LogP contribution in [0.1, 0.15) is 27.0 Å². The van der Waals surface area contributed by atoms with E-state index in [1.54, 1.807) is 29.2 Å². The average Bonchev–Trinajstić information content (AvgIpc) is 2.73. The van der Waals surface area contributed by atoms with Crippen molar-refractivity contribution in [1.82, 2.24) is 4.90 Å². The number of carbonyl (C=O) groups is 1. The largest absolute Gasteiger partial charge is 0.416 e. The van der Waals surface area contributed by atoms with Crippen LogP contribution in [0, 0.1) is 0 Å². The first-order chi connectivity index (χ1) is 14.3. The Morgan fingerprint density at radius 1 is 1.00 bits per heavy atom. The van der Waals surface area contributed by atoms with Crippen molar-refractivity contribution in [1.29, 1.82) is 0 Å². The summed E-state index contributed by atoms with van der Waals surface area (Å²) in [5.74, 6) is -0.0750. The summed E-state index contributed by atoms with van der Waals surface area (Å²) in [6.07, 6.45) is -3.71. The summed E-state index contributed by atoms with van der Waals surface area (Å²) in [7, 11) is 0. The van der Waals surface area contributed by atoms with Gasteiger partial charge in [-0.05, 0) is 66.1 Å². The van der Waals surface area contributed by atoms with Gasteiger partial charge in [-0.1, -0.05) is 18.2 Å². The molecule has 0 aliphatic carbocycles. The molecule has 0 radical (unpaired) electrons. The maximum atomic E-state index is 12.8. The molecule has 0 aromatic heterocycles. The Kier molecular flexibility index (Phi) is 5.11. The van der Waals surface area contributed by atoms with Crippen molar-refractivity contribution in [2.45, 2.75) is 19.1 Å². The van der Waals surface area contributed by atoms with Crippen molar-refractivity contribution in [3.05, 3.63) is 89.0 Å². The summed E-state index contributed by atoms with van der Waals surface area (Å²) in [4.78, 5) is 14.6. The zero-order chi connectivity index (χ0) is 21.3. The van der Waals surface area contributed by atoms with Crippen LogP contribution in [0.2, 0.25) is 0 Å². The number of hydrogen-bond donors (Lipinski definition) is 2. The lowest BCUT2D eigenvalue weighted by Gasteiger charge is -2.30. The lowest BCUT2D eigenvalue weighted by atomic mass is 9.97. The molecule has 0 fully saturated rings. The van der Waals surface area contributed by atoms with Crippen LogP contribution in [-0.2, 0) is 19.1 Å². The molecule has 1 aliphatic heterocycles. The third kappa shape index (κ3) is 4.10. The van der Waals surface area contributed by atoms with Gasteiger partial charge in [0, 0.05) is 35.7 Å². The van der Waals surface area contributed by atoms with Crippen LogP contribution >= 0.6 is 0 Å². The van der Waals surface area contributed by atoms with Crippen LogP contribution in [-0.4, -0.2) is 17.4 Å². The number of nitrogens with two attached hydrogens (primary N) is 1. The molecule has 3 aromatic rings. The fourth-order valence-corrected chi connectivity index (χ4v) is 3.65. The highest BCUT2D eigenvalue weighted by Crippen LogP contribution is 2.32. The summed E-state index contributed by atoms with van der Waals surface area (Å²) in [5.41, 5.74) is 9.69. The SMILES string of the molecule is Nc1cccc(C(=O)N2CCc3c(cccc3Nc3ccc(C(F)(F)F)cc3)C2)c1. The van der Waals surface area contributed by atoms with Crippen LogP contribution in [0.3, 0.4) is 0 Å². The van der Waals surface area contributed by atoms with Gasteiger partial charge in [-0.15, -0.1) is 0 Å². The zero-order valence-corrected chi connectivity index (χ0v) is 16.0. The standard InChI is InChI=1S/C23H20F3N3O/c24-23(25,26)17-7-9-19(10-8-17)28-21-6-2-4-16-14-29(12-11-20(16)21)22(30)15-3-1-5-18(27)13-15/h1-10,13,28H,11-12,14,27H2. The van der Waals surface area contributed by atoms with Gasteiger partial charge in [0.2, 0.25) is 0 Å². The number of alkyl halides is 3. The molecule has 1 aliphatic rings. The zero-order valence-electron chi connectivity index (χ0n) is 16.0. The molecular formula is C23H20F3N3O. The van der Waals surface area contributed by atoms with Crippen molar-refractivity contribution in [2.75, 3.05) is 17.6 Å². The number of amides is 1. The first-order valence-corrected chi connectivity index (χ1v) is 9.51.